The van der Waals surface area contributed by atoms with Gasteiger partial charge in [0.05, 0.1) is 11.8 Å². The molecular formula is C21H17N3O2. The van der Waals surface area contributed by atoms with Crippen molar-refractivity contribution < 1.29 is 9.90 Å². The van der Waals surface area contributed by atoms with Gasteiger partial charge in [0.2, 0.25) is 0 Å². The summed E-state index contributed by atoms with van der Waals surface area (Å²) in [6.07, 6.45) is 3.56. The molecule has 0 spiro atoms. The van der Waals surface area contributed by atoms with E-state index in [4.69, 9.17) is 0 Å². The number of hydrogen-bond donors (Lipinski definition) is 2. The summed E-state index contributed by atoms with van der Waals surface area (Å²) in [6.45, 7) is 0. The zero-order valence-corrected chi connectivity index (χ0v) is 14.2. The number of nitrogens with zero attached hydrogens (tertiary/aromatic N) is 2. The van der Waals surface area contributed by atoms with Gasteiger partial charge in [-0.25, -0.2) is 5.43 Å². The second kappa shape index (κ2) is 6.37. The van der Waals surface area contributed by atoms with Crippen LogP contribution in [0, 0.1) is 0 Å². The Morgan fingerprint density at radius 2 is 1.77 bits per heavy atom. The van der Waals surface area contributed by atoms with Crippen molar-refractivity contribution in [3.05, 3.63) is 78.0 Å². The van der Waals surface area contributed by atoms with Gasteiger partial charge in [-0.1, -0.05) is 42.5 Å². The maximum Gasteiger partial charge on any atom is 0.275 e. The van der Waals surface area contributed by atoms with Gasteiger partial charge in [0.25, 0.3) is 5.91 Å². The van der Waals surface area contributed by atoms with Crippen molar-refractivity contribution in [2.24, 2.45) is 12.1 Å². The number of carbonyl (C=O) groups is 1. The molecule has 0 saturated carbocycles. The molecule has 2 N–H and O–H groups in total. The Kier molecular flexibility index (Phi) is 3.89. The molecule has 0 unspecified atom stereocenters. The Hall–Kier alpha value is -3.60. The smallest absolute Gasteiger partial charge is 0.275 e. The van der Waals surface area contributed by atoms with Crippen LogP contribution in [0.5, 0.6) is 5.75 Å². The maximum atomic E-state index is 12.4. The largest absolute Gasteiger partial charge is 0.507 e. The van der Waals surface area contributed by atoms with Gasteiger partial charge >= 0.3 is 0 Å². The topological polar surface area (TPSA) is 66.6 Å². The second-order valence-electron chi connectivity index (χ2n) is 6.13. The van der Waals surface area contributed by atoms with E-state index in [-0.39, 0.29) is 11.3 Å². The summed E-state index contributed by atoms with van der Waals surface area (Å²) in [5, 5.41) is 17.0. The van der Waals surface area contributed by atoms with E-state index in [1.807, 2.05) is 66.3 Å². The predicted molar refractivity (Wildman–Crippen MR) is 104 cm³/mol. The van der Waals surface area contributed by atoms with Gasteiger partial charge in [-0.05, 0) is 29.0 Å². The summed E-state index contributed by atoms with van der Waals surface area (Å²) in [5.41, 5.74) is 4.68. The minimum Gasteiger partial charge on any atom is -0.507 e. The number of para-hydroxylation sites is 1. The fourth-order valence-electron chi connectivity index (χ4n) is 3.11. The third-order valence-electron chi connectivity index (χ3n) is 4.41. The predicted octanol–water partition coefficient (Wildman–Crippen LogP) is 3.80. The van der Waals surface area contributed by atoms with Crippen LogP contribution in [0.25, 0.3) is 21.7 Å². The first-order valence-electron chi connectivity index (χ1n) is 8.23. The summed E-state index contributed by atoms with van der Waals surface area (Å²) >= 11 is 0. The zero-order chi connectivity index (χ0) is 18.1. The molecule has 0 bridgehead atoms. The maximum absolute atomic E-state index is 12.4. The number of phenols is 1. The Morgan fingerprint density at radius 3 is 2.58 bits per heavy atom. The van der Waals surface area contributed by atoms with Gasteiger partial charge < -0.3 is 9.67 Å². The van der Waals surface area contributed by atoms with Crippen LogP contribution in [0.1, 0.15) is 15.9 Å². The third-order valence-corrected chi connectivity index (χ3v) is 4.41. The quantitative estimate of drug-likeness (QED) is 0.439. The molecule has 0 radical (unpaired) electrons. The van der Waals surface area contributed by atoms with E-state index in [2.05, 4.69) is 10.5 Å². The molecule has 4 aromatic rings. The van der Waals surface area contributed by atoms with Crippen LogP contribution in [0.4, 0.5) is 0 Å². The standard InChI is InChI=1S/C21H17N3O2/c1-24-13-16(17-8-4-5-9-19(17)24)12-22-23-21(26)18-10-14-6-2-3-7-15(14)11-20(18)25/h2-13,25H,1H3,(H,23,26)/b22-12-. The lowest BCUT2D eigenvalue weighted by Crippen LogP contribution is -2.17. The van der Waals surface area contributed by atoms with E-state index in [0.717, 1.165) is 27.2 Å². The van der Waals surface area contributed by atoms with E-state index in [1.165, 1.54) is 0 Å². The fraction of sp³-hybridized carbons (Fsp3) is 0.0476. The first-order chi connectivity index (χ1) is 12.6. The number of rotatable bonds is 3. The van der Waals surface area contributed by atoms with Gasteiger partial charge in [0.15, 0.2) is 0 Å². The monoisotopic (exact) mass is 343 g/mol. The molecule has 0 saturated heterocycles. The lowest BCUT2D eigenvalue weighted by atomic mass is 10.1. The molecule has 0 aliphatic carbocycles. The number of benzene rings is 3. The van der Waals surface area contributed by atoms with Crippen LogP contribution in [-0.2, 0) is 7.05 Å². The normalized spacial score (nSPS) is 11.4. The molecule has 128 valence electrons. The number of aryl methyl sites for hydroxylation is 1. The molecule has 5 heteroatoms. The highest BCUT2D eigenvalue weighted by molar-refractivity contribution is 6.03. The molecular weight excluding hydrogens is 326 g/mol. The first kappa shape index (κ1) is 15.9. The number of carbonyl (C=O) groups excluding carboxylic acids is 1. The van der Waals surface area contributed by atoms with E-state index in [0.29, 0.717) is 0 Å². The number of aromatic nitrogens is 1. The molecule has 0 fully saturated rings. The van der Waals surface area contributed by atoms with E-state index in [9.17, 15) is 9.90 Å². The van der Waals surface area contributed by atoms with Crippen molar-refractivity contribution in [3.63, 3.8) is 0 Å². The number of aromatic hydroxyl groups is 1. The molecule has 5 nitrogen and oxygen atoms in total. The molecule has 0 aliphatic heterocycles. The van der Waals surface area contributed by atoms with Crippen molar-refractivity contribution in [2.75, 3.05) is 0 Å². The van der Waals surface area contributed by atoms with E-state index >= 15 is 0 Å². The molecule has 4 rings (SSSR count). The summed E-state index contributed by atoms with van der Waals surface area (Å²) in [6, 6.07) is 18.8. The van der Waals surface area contributed by atoms with Gasteiger partial charge in [0.1, 0.15) is 5.75 Å². The highest BCUT2D eigenvalue weighted by atomic mass is 16.3. The van der Waals surface area contributed by atoms with Crippen LogP contribution in [0.15, 0.2) is 72.0 Å². The van der Waals surface area contributed by atoms with Crippen LogP contribution in [-0.4, -0.2) is 21.8 Å². The summed E-state index contributed by atoms with van der Waals surface area (Å²) in [5.74, 6) is -0.522. The van der Waals surface area contributed by atoms with E-state index in [1.54, 1.807) is 18.3 Å². The molecule has 0 aliphatic rings. The van der Waals surface area contributed by atoms with Crippen molar-refractivity contribution in [1.29, 1.82) is 0 Å². The van der Waals surface area contributed by atoms with Gasteiger partial charge in [0, 0.05) is 29.7 Å². The molecule has 3 aromatic carbocycles. The van der Waals surface area contributed by atoms with Crippen molar-refractivity contribution in [3.8, 4) is 5.75 Å². The highest BCUT2D eigenvalue weighted by Gasteiger charge is 2.12. The van der Waals surface area contributed by atoms with Gasteiger partial charge in [-0.2, -0.15) is 5.10 Å². The lowest BCUT2D eigenvalue weighted by Gasteiger charge is -2.05. The van der Waals surface area contributed by atoms with Crippen molar-refractivity contribution in [1.82, 2.24) is 9.99 Å². The Balaban J connectivity index is 1.58. The number of nitrogens with one attached hydrogen (secondary N) is 1. The van der Waals surface area contributed by atoms with Gasteiger partial charge in [-0.3, -0.25) is 4.79 Å². The van der Waals surface area contributed by atoms with Gasteiger partial charge in [-0.15, -0.1) is 0 Å². The number of hydrogen-bond acceptors (Lipinski definition) is 3. The van der Waals surface area contributed by atoms with Crippen LogP contribution in [0.3, 0.4) is 0 Å². The Bertz CT molecular complexity index is 1160. The van der Waals surface area contributed by atoms with Crippen LogP contribution >= 0.6 is 0 Å². The van der Waals surface area contributed by atoms with Crippen LogP contribution in [0.2, 0.25) is 0 Å². The van der Waals surface area contributed by atoms with Crippen molar-refractivity contribution in [2.45, 2.75) is 0 Å². The summed E-state index contributed by atoms with van der Waals surface area (Å²) in [7, 11) is 1.96. The Labute approximate surface area is 150 Å². The third kappa shape index (κ3) is 2.80. The molecule has 0 atom stereocenters. The molecule has 1 aromatic heterocycles. The minimum absolute atomic E-state index is 0.0680. The number of amides is 1. The second-order valence-corrected chi connectivity index (χ2v) is 6.13. The SMILES string of the molecule is Cn1cc(/C=N\NC(=O)c2cc3ccccc3cc2O)c2ccccc21. The average molecular weight is 343 g/mol. The van der Waals surface area contributed by atoms with E-state index < -0.39 is 5.91 Å². The average Bonchev–Trinajstić information content (AvgIpc) is 2.97. The number of hydrazone groups is 1. The molecule has 1 heterocycles. The highest BCUT2D eigenvalue weighted by Crippen LogP contribution is 2.25. The first-order valence-corrected chi connectivity index (χ1v) is 8.23. The zero-order valence-electron chi connectivity index (χ0n) is 14.2. The molecule has 26 heavy (non-hydrogen) atoms. The lowest BCUT2D eigenvalue weighted by molar-refractivity contribution is 0.0952. The van der Waals surface area contributed by atoms with Crippen LogP contribution < -0.4 is 5.43 Å². The minimum atomic E-state index is -0.454. The van der Waals surface area contributed by atoms with Crippen molar-refractivity contribution >= 4 is 33.8 Å². The summed E-state index contributed by atoms with van der Waals surface area (Å²) in [4.78, 5) is 12.4. The summed E-state index contributed by atoms with van der Waals surface area (Å²) < 4.78 is 2.01. The molecule has 1 amide bonds. The number of phenolic OH excluding ortho intramolecular Hbond substituents is 1. The Morgan fingerprint density at radius 1 is 1.08 bits per heavy atom. The number of fused-ring (bicyclic) bond motifs is 2. The fourth-order valence-corrected chi connectivity index (χ4v) is 3.11.